The van der Waals surface area contributed by atoms with E-state index in [0.717, 1.165) is 24.8 Å². The number of benzene rings is 2. The van der Waals surface area contributed by atoms with Crippen molar-refractivity contribution in [1.29, 1.82) is 0 Å². The molecule has 3 rings (SSSR count). The fraction of sp³-hybridized carbons (Fsp3) is 0.261. The van der Waals surface area contributed by atoms with Crippen molar-refractivity contribution < 1.29 is 22.7 Å². The first-order chi connectivity index (χ1) is 14.9. The predicted molar refractivity (Wildman–Crippen MR) is 118 cm³/mol. The minimum absolute atomic E-state index is 0.0261. The molecule has 3 N–H and O–H groups in total. The number of aryl methyl sites for hydroxylation is 1. The molecule has 0 saturated heterocycles. The molecule has 1 atom stereocenters. The van der Waals surface area contributed by atoms with Crippen LogP contribution in [0.4, 0.5) is 5.69 Å². The normalized spacial score (nSPS) is 12.3. The first kappa shape index (κ1) is 22.6. The van der Waals surface area contributed by atoms with Crippen molar-refractivity contribution in [2.24, 2.45) is 0 Å². The number of sulfonamides is 1. The van der Waals surface area contributed by atoms with Gasteiger partial charge < -0.3 is 14.8 Å². The third-order valence-electron chi connectivity index (χ3n) is 4.76. The standard InChI is InChI=1S/C23H26N2O5S/c1-2-3-6-17-10-12-19(13-11-17)25-31(28,29)20-8-4-7-18(15-20)23(27)24-16-21(26)22-9-5-14-30-22/h4-5,7-15,21,25-26H,2-3,6,16H2,1H3,(H,24,27). The van der Waals surface area contributed by atoms with Gasteiger partial charge in [0.15, 0.2) is 0 Å². The van der Waals surface area contributed by atoms with Gasteiger partial charge >= 0.3 is 0 Å². The van der Waals surface area contributed by atoms with E-state index < -0.39 is 22.0 Å². The minimum Gasteiger partial charge on any atom is -0.467 e. The second-order valence-electron chi connectivity index (χ2n) is 7.18. The van der Waals surface area contributed by atoms with Crippen molar-refractivity contribution in [3.8, 4) is 0 Å². The molecule has 7 nitrogen and oxygen atoms in total. The number of rotatable bonds is 10. The number of aliphatic hydroxyl groups is 1. The highest BCUT2D eigenvalue weighted by atomic mass is 32.2. The van der Waals surface area contributed by atoms with Crippen molar-refractivity contribution >= 4 is 21.6 Å². The summed E-state index contributed by atoms with van der Waals surface area (Å²) in [6, 6.07) is 16.2. The topological polar surface area (TPSA) is 109 Å². The maximum atomic E-state index is 12.8. The molecule has 1 amide bonds. The van der Waals surface area contributed by atoms with Gasteiger partial charge in [-0.15, -0.1) is 0 Å². The average molecular weight is 443 g/mol. The number of unbranched alkanes of at least 4 members (excludes halogenated alkanes) is 1. The molecule has 1 heterocycles. The quantitative estimate of drug-likeness (QED) is 0.441. The van der Waals surface area contributed by atoms with E-state index in [2.05, 4.69) is 17.0 Å². The molecule has 1 aromatic heterocycles. The first-order valence-electron chi connectivity index (χ1n) is 10.1. The van der Waals surface area contributed by atoms with Gasteiger partial charge in [0.25, 0.3) is 15.9 Å². The van der Waals surface area contributed by atoms with Crippen molar-refractivity contribution in [2.45, 2.75) is 37.2 Å². The lowest BCUT2D eigenvalue weighted by Crippen LogP contribution is -2.28. The van der Waals surface area contributed by atoms with Crippen LogP contribution >= 0.6 is 0 Å². The highest BCUT2D eigenvalue weighted by Crippen LogP contribution is 2.19. The van der Waals surface area contributed by atoms with E-state index in [4.69, 9.17) is 4.42 Å². The molecule has 0 aliphatic heterocycles. The molecule has 0 aliphatic rings. The van der Waals surface area contributed by atoms with Gasteiger partial charge in [-0.05, 0) is 60.9 Å². The number of furan rings is 1. The monoisotopic (exact) mass is 442 g/mol. The lowest BCUT2D eigenvalue weighted by molar-refractivity contribution is 0.0901. The van der Waals surface area contributed by atoms with Crippen LogP contribution in [0.2, 0.25) is 0 Å². The Morgan fingerprint density at radius 2 is 1.87 bits per heavy atom. The van der Waals surface area contributed by atoms with Crippen LogP contribution in [0.25, 0.3) is 0 Å². The molecular formula is C23H26N2O5S. The number of aliphatic hydroxyl groups excluding tert-OH is 1. The summed E-state index contributed by atoms with van der Waals surface area (Å²) in [5.74, 6) is -0.163. The maximum Gasteiger partial charge on any atom is 0.261 e. The Hall–Kier alpha value is -3.10. The zero-order chi connectivity index (χ0) is 22.3. The van der Waals surface area contributed by atoms with Crippen LogP contribution in [-0.2, 0) is 16.4 Å². The molecule has 0 bridgehead atoms. The summed E-state index contributed by atoms with van der Waals surface area (Å²) >= 11 is 0. The predicted octanol–water partition coefficient (Wildman–Crippen LogP) is 3.89. The Morgan fingerprint density at radius 1 is 1.10 bits per heavy atom. The van der Waals surface area contributed by atoms with E-state index in [0.29, 0.717) is 11.4 Å². The highest BCUT2D eigenvalue weighted by molar-refractivity contribution is 7.92. The van der Waals surface area contributed by atoms with Gasteiger partial charge in [-0.1, -0.05) is 31.5 Å². The third kappa shape index (κ3) is 6.19. The summed E-state index contributed by atoms with van der Waals surface area (Å²) in [6.07, 6.45) is 3.57. The number of carbonyl (C=O) groups excluding carboxylic acids is 1. The van der Waals surface area contributed by atoms with Crippen LogP contribution in [0.3, 0.4) is 0 Å². The van der Waals surface area contributed by atoms with Crippen LogP contribution in [0, 0.1) is 0 Å². The largest absolute Gasteiger partial charge is 0.467 e. The number of carbonyl (C=O) groups is 1. The van der Waals surface area contributed by atoms with E-state index in [1.165, 1.54) is 30.5 Å². The molecule has 0 fully saturated rings. The van der Waals surface area contributed by atoms with E-state index in [9.17, 15) is 18.3 Å². The van der Waals surface area contributed by atoms with Crippen LogP contribution < -0.4 is 10.0 Å². The van der Waals surface area contributed by atoms with E-state index >= 15 is 0 Å². The third-order valence-corrected chi connectivity index (χ3v) is 6.14. The zero-order valence-electron chi connectivity index (χ0n) is 17.2. The Morgan fingerprint density at radius 3 is 2.55 bits per heavy atom. The van der Waals surface area contributed by atoms with Gasteiger partial charge in [-0.3, -0.25) is 9.52 Å². The summed E-state index contributed by atoms with van der Waals surface area (Å²) < 4.78 is 33.2. The summed E-state index contributed by atoms with van der Waals surface area (Å²) in [4.78, 5) is 12.4. The van der Waals surface area contributed by atoms with Crippen molar-refractivity contribution in [2.75, 3.05) is 11.3 Å². The molecule has 0 radical (unpaired) electrons. The molecule has 0 saturated carbocycles. The summed E-state index contributed by atoms with van der Waals surface area (Å²) in [7, 11) is -3.86. The van der Waals surface area contributed by atoms with Gasteiger partial charge in [0, 0.05) is 11.3 Å². The molecule has 0 aliphatic carbocycles. The molecule has 2 aromatic carbocycles. The number of nitrogens with one attached hydrogen (secondary N) is 2. The van der Waals surface area contributed by atoms with E-state index in [1.807, 2.05) is 12.1 Å². The van der Waals surface area contributed by atoms with Crippen molar-refractivity contribution in [3.05, 3.63) is 83.8 Å². The second-order valence-corrected chi connectivity index (χ2v) is 8.86. The average Bonchev–Trinajstić information content (AvgIpc) is 3.32. The SMILES string of the molecule is CCCCc1ccc(NS(=O)(=O)c2cccc(C(=O)NCC(O)c3ccco3)c2)cc1. The van der Waals surface area contributed by atoms with E-state index in [1.54, 1.807) is 24.3 Å². The Labute approximate surface area is 182 Å². The number of anilines is 1. The summed E-state index contributed by atoms with van der Waals surface area (Å²) in [5.41, 5.74) is 1.78. The Balaban J connectivity index is 1.65. The smallest absolute Gasteiger partial charge is 0.261 e. The van der Waals surface area contributed by atoms with E-state index in [-0.39, 0.29) is 17.0 Å². The second kappa shape index (κ2) is 10.3. The zero-order valence-corrected chi connectivity index (χ0v) is 18.1. The molecule has 31 heavy (non-hydrogen) atoms. The molecular weight excluding hydrogens is 416 g/mol. The lowest BCUT2D eigenvalue weighted by atomic mass is 10.1. The number of amides is 1. The first-order valence-corrected chi connectivity index (χ1v) is 11.6. The van der Waals surface area contributed by atoms with Crippen LogP contribution in [0.1, 0.15) is 47.6 Å². The fourth-order valence-electron chi connectivity index (χ4n) is 3.01. The van der Waals surface area contributed by atoms with Crippen molar-refractivity contribution in [3.63, 3.8) is 0 Å². The Bertz CT molecular complexity index is 1090. The molecule has 164 valence electrons. The van der Waals surface area contributed by atoms with Crippen molar-refractivity contribution in [1.82, 2.24) is 5.32 Å². The van der Waals surface area contributed by atoms with Gasteiger partial charge in [-0.25, -0.2) is 8.42 Å². The van der Waals surface area contributed by atoms with Gasteiger partial charge in [0.05, 0.1) is 17.7 Å². The highest BCUT2D eigenvalue weighted by Gasteiger charge is 2.18. The van der Waals surface area contributed by atoms with Gasteiger partial charge in [-0.2, -0.15) is 0 Å². The summed E-state index contributed by atoms with van der Waals surface area (Å²) in [6.45, 7) is 2.06. The van der Waals surface area contributed by atoms with Crippen LogP contribution in [0.15, 0.2) is 76.2 Å². The Kier molecular flexibility index (Phi) is 7.49. The van der Waals surface area contributed by atoms with Crippen LogP contribution in [0.5, 0.6) is 0 Å². The molecule has 1 unspecified atom stereocenters. The van der Waals surface area contributed by atoms with Gasteiger partial charge in [0.2, 0.25) is 0 Å². The fourth-order valence-corrected chi connectivity index (χ4v) is 4.12. The molecule has 0 spiro atoms. The molecule has 3 aromatic rings. The lowest BCUT2D eigenvalue weighted by Gasteiger charge is -2.12. The van der Waals surface area contributed by atoms with Crippen LogP contribution in [-0.4, -0.2) is 26.0 Å². The van der Waals surface area contributed by atoms with Gasteiger partial charge in [0.1, 0.15) is 11.9 Å². The number of hydrogen-bond donors (Lipinski definition) is 3. The maximum absolute atomic E-state index is 12.8. The summed E-state index contributed by atoms with van der Waals surface area (Å²) in [5, 5.41) is 12.6. The molecule has 8 heteroatoms. The number of hydrogen-bond acceptors (Lipinski definition) is 5. The minimum atomic E-state index is -3.86.